The van der Waals surface area contributed by atoms with Crippen molar-refractivity contribution in [3.8, 4) is 0 Å². The maximum Gasteiger partial charge on any atom is 0.0576 e. The smallest absolute Gasteiger partial charge is 0.0576 e. The second-order valence-corrected chi connectivity index (χ2v) is 5.42. The molecule has 0 aliphatic carbocycles. The number of aromatic nitrogens is 1. The predicted octanol–water partition coefficient (Wildman–Crippen LogP) is 2.95. The Morgan fingerprint density at radius 2 is 2.26 bits per heavy atom. The van der Waals surface area contributed by atoms with Gasteiger partial charge >= 0.3 is 0 Å². The molecule has 2 heterocycles. The molecule has 3 nitrogen and oxygen atoms in total. The summed E-state index contributed by atoms with van der Waals surface area (Å²) in [6.07, 6.45) is 11.4. The molecule has 0 saturated carbocycles. The number of rotatable bonds is 8. The molecule has 0 bridgehead atoms. The van der Waals surface area contributed by atoms with Gasteiger partial charge < -0.3 is 10.1 Å². The summed E-state index contributed by atoms with van der Waals surface area (Å²) in [5.41, 5.74) is 1.37. The van der Waals surface area contributed by atoms with Gasteiger partial charge in [-0.2, -0.15) is 0 Å². The van der Waals surface area contributed by atoms with E-state index < -0.39 is 0 Å². The summed E-state index contributed by atoms with van der Waals surface area (Å²) >= 11 is 0. The van der Waals surface area contributed by atoms with Crippen LogP contribution in [0.5, 0.6) is 0 Å². The minimum absolute atomic E-state index is 0.503. The molecule has 2 atom stereocenters. The van der Waals surface area contributed by atoms with Crippen LogP contribution in [0.25, 0.3) is 0 Å². The molecule has 1 aromatic rings. The van der Waals surface area contributed by atoms with Crippen molar-refractivity contribution in [2.24, 2.45) is 0 Å². The lowest BCUT2D eigenvalue weighted by atomic mass is 10.00. The highest BCUT2D eigenvalue weighted by molar-refractivity contribution is 5.11. The van der Waals surface area contributed by atoms with Gasteiger partial charge in [-0.25, -0.2) is 0 Å². The summed E-state index contributed by atoms with van der Waals surface area (Å²) < 4.78 is 5.72. The van der Waals surface area contributed by atoms with Gasteiger partial charge in [-0.05, 0) is 62.8 Å². The van der Waals surface area contributed by atoms with E-state index in [1.165, 1.54) is 37.7 Å². The summed E-state index contributed by atoms with van der Waals surface area (Å²) in [7, 11) is 0. The van der Waals surface area contributed by atoms with Crippen molar-refractivity contribution >= 4 is 0 Å². The van der Waals surface area contributed by atoms with Gasteiger partial charge in [-0.1, -0.05) is 6.92 Å². The van der Waals surface area contributed by atoms with Crippen LogP contribution in [0.1, 0.15) is 44.6 Å². The zero-order valence-corrected chi connectivity index (χ0v) is 12.0. The standard InChI is InChI=1S/C16H26N2O/c1-2-9-18-15(5-6-16-4-3-12-19-16)13-14-7-10-17-11-8-14/h7-8,10-11,15-16,18H,2-6,9,12-13H2,1H3. The molecule has 19 heavy (non-hydrogen) atoms. The van der Waals surface area contributed by atoms with Gasteiger partial charge in [-0.15, -0.1) is 0 Å². The van der Waals surface area contributed by atoms with Gasteiger partial charge in [0.2, 0.25) is 0 Å². The van der Waals surface area contributed by atoms with E-state index in [9.17, 15) is 0 Å². The number of nitrogens with one attached hydrogen (secondary N) is 1. The lowest BCUT2D eigenvalue weighted by Gasteiger charge is -2.20. The highest BCUT2D eigenvalue weighted by atomic mass is 16.5. The van der Waals surface area contributed by atoms with Crippen molar-refractivity contribution < 1.29 is 4.74 Å². The van der Waals surface area contributed by atoms with Crippen LogP contribution in [-0.2, 0) is 11.2 Å². The van der Waals surface area contributed by atoms with E-state index in [4.69, 9.17) is 4.74 Å². The van der Waals surface area contributed by atoms with E-state index in [0.717, 1.165) is 19.6 Å². The molecular weight excluding hydrogens is 236 g/mol. The Balaban J connectivity index is 1.80. The summed E-state index contributed by atoms with van der Waals surface area (Å²) in [5, 5.41) is 3.67. The first-order chi connectivity index (χ1) is 9.38. The molecule has 1 aliphatic heterocycles. The Morgan fingerprint density at radius 1 is 1.42 bits per heavy atom. The van der Waals surface area contributed by atoms with Crippen molar-refractivity contribution in [3.05, 3.63) is 30.1 Å². The Kier molecular flexibility index (Phi) is 6.31. The monoisotopic (exact) mass is 262 g/mol. The molecule has 1 fully saturated rings. The quantitative estimate of drug-likeness (QED) is 0.782. The number of pyridine rings is 1. The molecule has 1 aromatic heterocycles. The summed E-state index contributed by atoms with van der Waals surface area (Å²) in [6.45, 7) is 4.28. The normalized spacial score (nSPS) is 20.6. The van der Waals surface area contributed by atoms with Crippen LogP contribution in [0, 0.1) is 0 Å². The summed E-state index contributed by atoms with van der Waals surface area (Å²) in [6, 6.07) is 4.80. The van der Waals surface area contributed by atoms with Crippen molar-refractivity contribution in [3.63, 3.8) is 0 Å². The molecule has 0 spiro atoms. The summed E-state index contributed by atoms with van der Waals surface area (Å²) in [5.74, 6) is 0. The average molecular weight is 262 g/mol. The predicted molar refractivity (Wildman–Crippen MR) is 78.2 cm³/mol. The van der Waals surface area contributed by atoms with Crippen molar-refractivity contribution in [2.75, 3.05) is 13.2 Å². The van der Waals surface area contributed by atoms with Crippen LogP contribution in [-0.4, -0.2) is 30.3 Å². The average Bonchev–Trinajstić information content (AvgIpc) is 2.96. The van der Waals surface area contributed by atoms with E-state index in [-0.39, 0.29) is 0 Å². The third-order valence-corrected chi connectivity index (χ3v) is 3.78. The topological polar surface area (TPSA) is 34.1 Å². The van der Waals surface area contributed by atoms with Gasteiger partial charge in [0.1, 0.15) is 0 Å². The maximum absolute atomic E-state index is 5.72. The van der Waals surface area contributed by atoms with E-state index in [2.05, 4.69) is 29.4 Å². The van der Waals surface area contributed by atoms with Gasteiger partial charge in [0.05, 0.1) is 6.10 Å². The van der Waals surface area contributed by atoms with Crippen molar-refractivity contribution in [1.82, 2.24) is 10.3 Å². The molecule has 0 aromatic carbocycles. The van der Waals surface area contributed by atoms with Crippen LogP contribution in [0.4, 0.5) is 0 Å². The first kappa shape index (κ1) is 14.5. The van der Waals surface area contributed by atoms with Crippen LogP contribution in [0.3, 0.4) is 0 Å². The SMILES string of the molecule is CCCNC(CCC1CCCO1)Cc1ccncc1. The Labute approximate surface area is 116 Å². The molecule has 0 radical (unpaired) electrons. The fourth-order valence-electron chi connectivity index (χ4n) is 2.69. The molecule has 2 rings (SSSR count). The molecular formula is C16H26N2O. The third-order valence-electron chi connectivity index (χ3n) is 3.78. The number of hydrogen-bond acceptors (Lipinski definition) is 3. The maximum atomic E-state index is 5.72. The first-order valence-corrected chi connectivity index (χ1v) is 7.62. The van der Waals surface area contributed by atoms with Gasteiger partial charge in [0.25, 0.3) is 0 Å². The van der Waals surface area contributed by atoms with E-state index >= 15 is 0 Å². The molecule has 1 N–H and O–H groups in total. The lowest BCUT2D eigenvalue weighted by Crippen LogP contribution is -2.32. The molecule has 106 valence electrons. The van der Waals surface area contributed by atoms with E-state index in [1.54, 1.807) is 0 Å². The van der Waals surface area contributed by atoms with Crippen LogP contribution in [0.15, 0.2) is 24.5 Å². The number of ether oxygens (including phenoxy) is 1. The molecule has 2 unspecified atom stereocenters. The molecule has 3 heteroatoms. The highest BCUT2D eigenvalue weighted by Gasteiger charge is 2.17. The molecule has 1 saturated heterocycles. The fraction of sp³-hybridized carbons (Fsp3) is 0.688. The fourth-order valence-corrected chi connectivity index (χ4v) is 2.69. The van der Waals surface area contributed by atoms with Gasteiger partial charge in [-0.3, -0.25) is 4.98 Å². The summed E-state index contributed by atoms with van der Waals surface area (Å²) in [4.78, 5) is 4.08. The van der Waals surface area contributed by atoms with E-state index in [1.807, 2.05) is 12.4 Å². The van der Waals surface area contributed by atoms with Gasteiger partial charge in [0.15, 0.2) is 0 Å². The molecule has 1 aliphatic rings. The second-order valence-electron chi connectivity index (χ2n) is 5.42. The van der Waals surface area contributed by atoms with Crippen molar-refractivity contribution in [1.29, 1.82) is 0 Å². The van der Waals surface area contributed by atoms with E-state index in [0.29, 0.717) is 12.1 Å². The zero-order chi connectivity index (χ0) is 13.3. The lowest BCUT2D eigenvalue weighted by molar-refractivity contribution is 0.0995. The minimum atomic E-state index is 0.503. The Morgan fingerprint density at radius 3 is 2.95 bits per heavy atom. The first-order valence-electron chi connectivity index (χ1n) is 7.62. The zero-order valence-electron chi connectivity index (χ0n) is 12.0. The number of nitrogens with zero attached hydrogens (tertiary/aromatic N) is 1. The number of hydrogen-bond donors (Lipinski definition) is 1. The molecule has 0 amide bonds. The van der Waals surface area contributed by atoms with Crippen LogP contribution < -0.4 is 5.32 Å². The Hall–Kier alpha value is -0.930. The Bertz CT molecular complexity index is 336. The third kappa shape index (κ3) is 5.29. The minimum Gasteiger partial charge on any atom is -0.378 e. The largest absolute Gasteiger partial charge is 0.378 e. The van der Waals surface area contributed by atoms with Crippen LogP contribution >= 0.6 is 0 Å². The second kappa shape index (κ2) is 8.28. The highest BCUT2D eigenvalue weighted by Crippen LogP contribution is 2.18. The van der Waals surface area contributed by atoms with Crippen LogP contribution in [0.2, 0.25) is 0 Å². The van der Waals surface area contributed by atoms with Gasteiger partial charge in [0, 0.05) is 25.0 Å². The van der Waals surface area contributed by atoms with Crippen molar-refractivity contribution in [2.45, 2.75) is 57.6 Å².